The molecule has 16 heavy (non-hydrogen) atoms. The molecule has 0 spiro atoms. The first-order valence-corrected chi connectivity index (χ1v) is 4.91. The van der Waals surface area contributed by atoms with E-state index in [1.54, 1.807) is 30.6 Å². The molecule has 2 N–H and O–H groups in total. The van der Waals surface area contributed by atoms with Gasteiger partial charge in [0.2, 0.25) is 0 Å². The molecule has 2 rings (SSSR count). The Hall–Kier alpha value is -1.94. The molecule has 1 unspecified atom stereocenters. The fourth-order valence-corrected chi connectivity index (χ4v) is 1.71. The molecule has 1 aromatic heterocycles. The number of aliphatic hydroxyl groups excluding tert-OH is 1. The Balaban J connectivity index is 2.47. The van der Waals surface area contributed by atoms with E-state index in [2.05, 4.69) is 4.98 Å². The van der Waals surface area contributed by atoms with E-state index in [1.807, 2.05) is 6.07 Å². The van der Waals surface area contributed by atoms with Crippen LogP contribution in [0, 0.1) is 0 Å². The van der Waals surface area contributed by atoms with Gasteiger partial charge in [-0.1, -0.05) is 18.2 Å². The summed E-state index contributed by atoms with van der Waals surface area (Å²) in [5, 5.41) is 20.2. The molecule has 0 saturated carbocycles. The molecular weight excluding hydrogens is 206 g/mol. The monoisotopic (exact) mass is 217 g/mol. The SMILES string of the molecule is O=C(O)CC(O)c1cccc2cnccc12. The smallest absolute Gasteiger partial charge is 0.306 e. The summed E-state index contributed by atoms with van der Waals surface area (Å²) in [7, 11) is 0. The molecule has 2 aromatic rings. The molecule has 0 aliphatic rings. The Labute approximate surface area is 92.2 Å². The fraction of sp³-hybridized carbons (Fsp3) is 0.167. The molecule has 4 nitrogen and oxygen atoms in total. The largest absolute Gasteiger partial charge is 0.481 e. The topological polar surface area (TPSA) is 70.4 Å². The standard InChI is InChI=1S/C12H11NO3/c14-11(6-12(15)16)10-3-1-2-8-7-13-5-4-9(8)10/h1-5,7,11,14H,6H2,(H,15,16). The van der Waals surface area contributed by atoms with E-state index >= 15 is 0 Å². The van der Waals surface area contributed by atoms with Gasteiger partial charge in [0.25, 0.3) is 0 Å². The number of aliphatic carboxylic acids is 1. The van der Waals surface area contributed by atoms with Crippen LogP contribution in [-0.4, -0.2) is 21.2 Å². The normalized spacial score (nSPS) is 12.6. The van der Waals surface area contributed by atoms with Crippen molar-refractivity contribution in [2.24, 2.45) is 0 Å². The van der Waals surface area contributed by atoms with Crippen LogP contribution in [0.4, 0.5) is 0 Å². The number of rotatable bonds is 3. The van der Waals surface area contributed by atoms with E-state index in [1.165, 1.54) is 0 Å². The van der Waals surface area contributed by atoms with Gasteiger partial charge >= 0.3 is 5.97 Å². The van der Waals surface area contributed by atoms with Crippen LogP contribution in [0.15, 0.2) is 36.7 Å². The average Bonchev–Trinajstić information content (AvgIpc) is 2.27. The minimum absolute atomic E-state index is 0.290. The van der Waals surface area contributed by atoms with Crippen molar-refractivity contribution >= 4 is 16.7 Å². The van der Waals surface area contributed by atoms with E-state index in [9.17, 15) is 9.90 Å². The lowest BCUT2D eigenvalue weighted by Gasteiger charge is -2.11. The molecule has 1 aromatic carbocycles. The molecule has 1 atom stereocenters. The molecule has 1 heterocycles. The Morgan fingerprint density at radius 2 is 2.19 bits per heavy atom. The van der Waals surface area contributed by atoms with Gasteiger partial charge in [-0.15, -0.1) is 0 Å². The second-order valence-corrected chi connectivity index (χ2v) is 3.56. The molecular formula is C12H11NO3. The highest BCUT2D eigenvalue weighted by atomic mass is 16.4. The predicted molar refractivity (Wildman–Crippen MR) is 59.0 cm³/mol. The summed E-state index contributed by atoms with van der Waals surface area (Å²) in [4.78, 5) is 14.5. The second-order valence-electron chi connectivity index (χ2n) is 3.56. The van der Waals surface area contributed by atoms with Crippen LogP contribution in [-0.2, 0) is 4.79 Å². The third-order valence-corrected chi connectivity index (χ3v) is 2.44. The lowest BCUT2D eigenvalue weighted by atomic mass is 10.0. The first kappa shape index (κ1) is 10.6. The van der Waals surface area contributed by atoms with E-state index in [4.69, 9.17) is 5.11 Å². The highest BCUT2D eigenvalue weighted by Gasteiger charge is 2.14. The van der Waals surface area contributed by atoms with Gasteiger partial charge in [0.05, 0.1) is 12.5 Å². The van der Waals surface area contributed by atoms with E-state index in [-0.39, 0.29) is 6.42 Å². The Morgan fingerprint density at radius 1 is 1.38 bits per heavy atom. The van der Waals surface area contributed by atoms with Crippen molar-refractivity contribution in [3.05, 3.63) is 42.2 Å². The van der Waals surface area contributed by atoms with Gasteiger partial charge in [-0.25, -0.2) is 0 Å². The van der Waals surface area contributed by atoms with Gasteiger partial charge in [0.15, 0.2) is 0 Å². The zero-order valence-electron chi connectivity index (χ0n) is 8.50. The zero-order valence-corrected chi connectivity index (χ0v) is 8.50. The van der Waals surface area contributed by atoms with Crippen molar-refractivity contribution in [3.63, 3.8) is 0 Å². The number of pyridine rings is 1. The van der Waals surface area contributed by atoms with Crippen LogP contribution in [0.3, 0.4) is 0 Å². The first-order chi connectivity index (χ1) is 7.68. The third-order valence-electron chi connectivity index (χ3n) is 2.44. The number of aliphatic hydroxyl groups is 1. The Bertz CT molecular complexity index is 519. The van der Waals surface area contributed by atoms with Gasteiger partial charge in [-0.05, 0) is 17.0 Å². The lowest BCUT2D eigenvalue weighted by Crippen LogP contribution is -2.05. The van der Waals surface area contributed by atoms with Gasteiger partial charge < -0.3 is 10.2 Å². The molecule has 0 bridgehead atoms. The molecule has 82 valence electrons. The average molecular weight is 217 g/mol. The van der Waals surface area contributed by atoms with E-state index < -0.39 is 12.1 Å². The highest BCUT2D eigenvalue weighted by Crippen LogP contribution is 2.25. The molecule has 0 aliphatic carbocycles. The summed E-state index contributed by atoms with van der Waals surface area (Å²) >= 11 is 0. The number of nitrogens with zero attached hydrogens (tertiary/aromatic N) is 1. The molecule has 0 fully saturated rings. The van der Waals surface area contributed by atoms with Crippen molar-refractivity contribution < 1.29 is 15.0 Å². The van der Waals surface area contributed by atoms with Crippen LogP contribution < -0.4 is 0 Å². The molecule has 0 saturated heterocycles. The lowest BCUT2D eigenvalue weighted by molar-refractivity contribution is -0.139. The number of benzene rings is 1. The van der Waals surface area contributed by atoms with Crippen molar-refractivity contribution in [3.8, 4) is 0 Å². The summed E-state index contributed by atoms with van der Waals surface area (Å²) in [6.45, 7) is 0. The van der Waals surface area contributed by atoms with Crippen LogP contribution in [0.2, 0.25) is 0 Å². The van der Waals surface area contributed by atoms with Gasteiger partial charge in [0, 0.05) is 17.8 Å². The Morgan fingerprint density at radius 3 is 2.94 bits per heavy atom. The number of carboxylic acid groups (broad SMARTS) is 1. The number of carbonyl (C=O) groups is 1. The maximum Gasteiger partial charge on any atom is 0.306 e. The third kappa shape index (κ3) is 2.01. The molecule has 0 aliphatic heterocycles. The van der Waals surface area contributed by atoms with E-state index in [0.29, 0.717) is 5.56 Å². The Kier molecular flexibility index (Phi) is 2.83. The van der Waals surface area contributed by atoms with Gasteiger partial charge in [-0.2, -0.15) is 0 Å². The first-order valence-electron chi connectivity index (χ1n) is 4.91. The number of aromatic nitrogens is 1. The fourth-order valence-electron chi connectivity index (χ4n) is 1.71. The van der Waals surface area contributed by atoms with Crippen LogP contribution in [0.25, 0.3) is 10.8 Å². The maximum absolute atomic E-state index is 10.5. The maximum atomic E-state index is 10.5. The number of hydrogen-bond acceptors (Lipinski definition) is 3. The van der Waals surface area contributed by atoms with Crippen molar-refractivity contribution in [1.82, 2.24) is 4.98 Å². The second kappa shape index (κ2) is 4.28. The van der Waals surface area contributed by atoms with Crippen LogP contribution >= 0.6 is 0 Å². The van der Waals surface area contributed by atoms with Crippen LogP contribution in [0.1, 0.15) is 18.1 Å². The quantitative estimate of drug-likeness (QED) is 0.821. The molecule has 0 amide bonds. The van der Waals surface area contributed by atoms with Crippen molar-refractivity contribution in [1.29, 1.82) is 0 Å². The summed E-state index contributed by atoms with van der Waals surface area (Å²) in [5.41, 5.74) is 0.627. The zero-order chi connectivity index (χ0) is 11.5. The predicted octanol–water partition coefficient (Wildman–Crippen LogP) is 1.74. The summed E-state index contributed by atoms with van der Waals surface area (Å²) in [5.74, 6) is -1.02. The number of fused-ring (bicyclic) bond motifs is 1. The minimum atomic E-state index is -1.02. The molecule has 4 heteroatoms. The number of hydrogen-bond donors (Lipinski definition) is 2. The highest BCUT2D eigenvalue weighted by molar-refractivity contribution is 5.85. The van der Waals surface area contributed by atoms with Crippen LogP contribution in [0.5, 0.6) is 0 Å². The minimum Gasteiger partial charge on any atom is -0.481 e. The summed E-state index contributed by atoms with van der Waals surface area (Å²) in [6.07, 6.45) is 2.04. The van der Waals surface area contributed by atoms with Gasteiger partial charge in [-0.3, -0.25) is 9.78 Å². The van der Waals surface area contributed by atoms with Gasteiger partial charge in [0.1, 0.15) is 0 Å². The summed E-state index contributed by atoms with van der Waals surface area (Å²) in [6, 6.07) is 7.16. The van der Waals surface area contributed by atoms with E-state index in [0.717, 1.165) is 10.8 Å². The van der Waals surface area contributed by atoms with Crippen molar-refractivity contribution in [2.75, 3.05) is 0 Å². The van der Waals surface area contributed by atoms with Crippen molar-refractivity contribution in [2.45, 2.75) is 12.5 Å². The molecule has 0 radical (unpaired) electrons. The summed E-state index contributed by atoms with van der Waals surface area (Å²) < 4.78 is 0. The number of carboxylic acids is 1.